The summed E-state index contributed by atoms with van der Waals surface area (Å²) in [4.78, 5) is 20.5. The third-order valence-corrected chi connectivity index (χ3v) is 2.71. The van der Waals surface area contributed by atoms with Gasteiger partial charge in [0.25, 0.3) is 5.56 Å². The van der Waals surface area contributed by atoms with Crippen molar-refractivity contribution in [2.75, 3.05) is 5.73 Å². The maximum Gasteiger partial charge on any atom is 0.296 e. The Bertz CT molecular complexity index is 618. The van der Waals surface area contributed by atoms with E-state index in [0.29, 0.717) is 11.6 Å². The number of hydrogen-bond acceptors (Lipinski definition) is 4. The third kappa shape index (κ3) is 2.01. The van der Waals surface area contributed by atoms with E-state index in [2.05, 4.69) is 15.1 Å². The average molecular weight is 247 g/mol. The number of anilines is 1. The average Bonchev–Trinajstić information content (AvgIpc) is 2.55. The summed E-state index contributed by atoms with van der Waals surface area (Å²) < 4.78 is 1.37. The lowest BCUT2D eigenvalue weighted by molar-refractivity contribution is 0.741. The van der Waals surface area contributed by atoms with Crippen molar-refractivity contribution in [1.29, 1.82) is 0 Å². The van der Waals surface area contributed by atoms with Crippen LogP contribution < -0.4 is 11.3 Å². The van der Waals surface area contributed by atoms with E-state index < -0.39 is 0 Å². The number of hydrogen-bond donors (Lipinski definition) is 2. The highest BCUT2D eigenvalue weighted by atomic mass is 16.1. The van der Waals surface area contributed by atoms with Crippen molar-refractivity contribution in [3.63, 3.8) is 0 Å². The standard InChI is InChI=1S/C12H17N5O/c1-6(2)11-10(13)12(18)17(16-11)9-5-7(3)14-8(4)15-9/h5-6,16H,13H2,1-4H3. The summed E-state index contributed by atoms with van der Waals surface area (Å²) in [7, 11) is 0. The molecule has 0 saturated heterocycles. The number of nitrogens with zero attached hydrogens (tertiary/aromatic N) is 3. The molecule has 6 heteroatoms. The Morgan fingerprint density at radius 3 is 2.50 bits per heavy atom. The largest absolute Gasteiger partial charge is 0.393 e. The Kier molecular flexibility index (Phi) is 2.94. The lowest BCUT2D eigenvalue weighted by atomic mass is 10.1. The Labute approximate surface area is 105 Å². The number of aryl methyl sites for hydroxylation is 2. The van der Waals surface area contributed by atoms with Gasteiger partial charge in [0.1, 0.15) is 11.5 Å². The van der Waals surface area contributed by atoms with Gasteiger partial charge < -0.3 is 5.73 Å². The molecule has 18 heavy (non-hydrogen) atoms. The van der Waals surface area contributed by atoms with Crippen molar-refractivity contribution < 1.29 is 0 Å². The molecular weight excluding hydrogens is 230 g/mol. The molecule has 0 aliphatic rings. The highest BCUT2D eigenvalue weighted by Crippen LogP contribution is 2.17. The van der Waals surface area contributed by atoms with E-state index in [1.807, 2.05) is 20.8 Å². The van der Waals surface area contributed by atoms with Gasteiger partial charge in [-0.25, -0.2) is 9.97 Å². The van der Waals surface area contributed by atoms with Crippen LogP contribution in [0, 0.1) is 13.8 Å². The molecule has 0 aliphatic carbocycles. The van der Waals surface area contributed by atoms with Gasteiger partial charge in [-0.2, -0.15) is 4.68 Å². The minimum atomic E-state index is -0.267. The van der Waals surface area contributed by atoms with E-state index in [0.717, 1.165) is 11.4 Å². The highest BCUT2D eigenvalue weighted by Gasteiger charge is 2.15. The van der Waals surface area contributed by atoms with Crippen LogP contribution in [-0.2, 0) is 0 Å². The van der Waals surface area contributed by atoms with E-state index in [-0.39, 0.29) is 17.2 Å². The molecule has 96 valence electrons. The minimum absolute atomic E-state index is 0.156. The molecule has 0 atom stereocenters. The number of rotatable bonds is 2. The molecule has 6 nitrogen and oxygen atoms in total. The normalized spacial score (nSPS) is 11.2. The van der Waals surface area contributed by atoms with Gasteiger partial charge in [0, 0.05) is 11.8 Å². The fourth-order valence-electron chi connectivity index (χ4n) is 1.88. The first-order chi connectivity index (χ1) is 8.40. The number of nitrogens with two attached hydrogens (primary N) is 1. The van der Waals surface area contributed by atoms with Crippen LogP contribution in [0.25, 0.3) is 5.82 Å². The van der Waals surface area contributed by atoms with E-state index in [1.54, 1.807) is 13.0 Å². The summed E-state index contributed by atoms with van der Waals surface area (Å²) >= 11 is 0. The van der Waals surface area contributed by atoms with Crippen molar-refractivity contribution in [1.82, 2.24) is 19.7 Å². The van der Waals surface area contributed by atoms with Crippen molar-refractivity contribution in [2.45, 2.75) is 33.6 Å². The first-order valence-electron chi connectivity index (χ1n) is 5.83. The maximum absolute atomic E-state index is 12.1. The molecule has 0 spiro atoms. The molecule has 0 unspecified atom stereocenters. The van der Waals surface area contributed by atoms with Crippen molar-refractivity contribution in [2.24, 2.45) is 0 Å². The third-order valence-electron chi connectivity index (χ3n) is 2.71. The van der Waals surface area contributed by atoms with E-state index in [4.69, 9.17) is 5.73 Å². The van der Waals surface area contributed by atoms with Crippen molar-refractivity contribution in [3.8, 4) is 5.82 Å². The topological polar surface area (TPSA) is 89.6 Å². The molecular formula is C12H17N5O. The van der Waals surface area contributed by atoms with Gasteiger partial charge in [-0.1, -0.05) is 13.8 Å². The minimum Gasteiger partial charge on any atom is -0.393 e. The van der Waals surface area contributed by atoms with Crippen molar-refractivity contribution in [3.05, 3.63) is 33.6 Å². The first kappa shape index (κ1) is 12.3. The molecule has 0 aromatic carbocycles. The van der Waals surface area contributed by atoms with Crippen LogP contribution in [0.15, 0.2) is 10.9 Å². The number of H-pyrrole nitrogens is 1. The smallest absolute Gasteiger partial charge is 0.296 e. The van der Waals surface area contributed by atoms with Gasteiger partial charge in [-0.15, -0.1) is 0 Å². The maximum atomic E-state index is 12.1. The molecule has 2 rings (SSSR count). The molecule has 2 aromatic rings. The Morgan fingerprint density at radius 2 is 2.00 bits per heavy atom. The number of nitrogen functional groups attached to an aromatic ring is 1. The summed E-state index contributed by atoms with van der Waals surface area (Å²) in [5.74, 6) is 1.29. The Hall–Kier alpha value is -2.11. The van der Waals surface area contributed by atoms with Crippen LogP contribution in [0.3, 0.4) is 0 Å². The lowest BCUT2D eigenvalue weighted by Gasteiger charge is -2.04. The second-order valence-electron chi connectivity index (χ2n) is 4.65. The summed E-state index contributed by atoms with van der Waals surface area (Å²) in [5.41, 5.74) is 7.33. The molecule has 0 saturated carbocycles. The second kappa shape index (κ2) is 4.29. The SMILES string of the molecule is Cc1cc(-n2[nH]c(C(C)C)c(N)c2=O)nc(C)n1. The van der Waals surface area contributed by atoms with E-state index >= 15 is 0 Å². The van der Waals surface area contributed by atoms with Crippen LogP contribution in [0.1, 0.15) is 37.0 Å². The molecule has 0 radical (unpaired) electrons. The lowest BCUT2D eigenvalue weighted by Crippen LogP contribution is -2.18. The zero-order valence-corrected chi connectivity index (χ0v) is 11.0. The summed E-state index contributed by atoms with van der Waals surface area (Å²) in [6.45, 7) is 7.60. The molecule has 0 bridgehead atoms. The molecule has 3 N–H and O–H groups in total. The summed E-state index contributed by atoms with van der Waals surface area (Å²) in [6, 6.07) is 1.74. The van der Waals surface area contributed by atoms with Crippen LogP contribution in [0.5, 0.6) is 0 Å². The number of aromatic amines is 1. The van der Waals surface area contributed by atoms with Crippen LogP contribution in [0.4, 0.5) is 5.69 Å². The summed E-state index contributed by atoms with van der Waals surface area (Å²) in [5, 5.41) is 3.01. The predicted octanol–water partition coefficient (Wildman–Crippen LogP) is 1.28. The van der Waals surface area contributed by atoms with Gasteiger partial charge in [0.05, 0.1) is 5.69 Å². The Balaban J connectivity index is 2.65. The second-order valence-corrected chi connectivity index (χ2v) is 4.65. The number of aromatic nitrogens is 4. The van der Waals surface area contributed by atoms with Gasteiger partial charge >= 0.3 is 0 Å². The predicted molar refractivity (Wildman–Crippen MR) is 70.0 cm³/mol. The summed E-state index contributed by atoms with van der Waals surface area (Å²) in [6.07, 6.45) is 0. The molecule has 0 fully saturated rings. The van der Waals surface area contributed by atoms with Gasteiger partial charge in [-0.05, 0) is 19.8 Å². The van der Waals surface area contributed by atoms with Crippen LogP contribution >= 0.6 is 0 Å². The van der Waals surface area contributed by atoms with Gasteiger partial charge in [0.2, 0.25) is 0 Å². The molecule has 2 aromatic heterocycles. The van der Waals surface area contributed by atoms with E-state index in [9.17, 15) is 4.79 Å². The highest BCUT2D eigenvalue weighted by molar-refractivity contribution is 5.44. The van der Waals surface area contributed by atoms with Crippen LogP contribution in [-0.4, -0.2) is 19.7 Å². The molecule has 0 amide bonds. The Morgan fingerprint density at radius 1 is 1.33 bits per heavy atom. The van der Waals surface area contributed by atoms with Crippen LogP contribution in [0.2, 0.25) is 0 Å². The monoisotopic (exact) mass is 247 g/mol. The molecule has 0 aliphatic heterocycles. The van der Waals surface area contributed by atoms with Gasteiger partial charge in [-0.3, -0.25) is 9.89 Å². The van der Waals surface area contributed by atoms with Gasteiger partial charge in [0.15, 0.2) is 5.82 Å². The fourth-order valence-corrected chi connectivity index (χ4v) is 1.88. The quantitative estimate of drug-likeness (QED) is 0.836. The zero-order chi connectivity index (χ0) is 13.4. The number of nitrogens with one attached hydrogen (secondary N) is 1. The fraction of sp³-hybridized carbons (Fsp3) is 0.417. The first-order valence-corrected chi connectivity index (χ1v) is 5.83. The zero-order valence-electron chi connectivity index (χ0n) is 11.0. The van der Waals surface area contributed by atoms with E-state index in [1.165, 1.54) is 4.68 Å². The van der Waals surface area contributed by atoms with Crippen molar-refractivity contribution >= 4 is 5.69 Å². The molecule has 2 heterocycles.